The normalized spacial score (nSPS) is 15.9. The van der Waals surface area contributed by atoms with Crippen LogP contribution in [0.25, 0.3) is 10.2 Å². The number of hydrogen-bond acceptors (Lipinski definition) is 5. The second-order valence-electron chi connectivity index (χ2n) is 6.71. The first kappa shape index (κ1) is 17.5. The molecule has 1 atom stereocenters. The molecule has 0 unspecified atom stereocenters. The summed E-state index contributed by atoms with van der Waals surface area (Å²) in [5.74, 6) is 0.0245. The summed E-state index contributed by atoms with van der Waals surface area (Å²) in [4.78, 5) is 13.5. The zero-order chi connectivity index (χ0) is 17.9. The van der Waals surface area contributed by atoms with Gasteiger partial charge in [0.15, 0.2) is 0 Å². The lowest BCUT2D eigenvalue weighted by Crippen LogP contribution is -2.31. The van der Waals surface area contributed by atoms with Crippen molar-refractivity contribution < 1.29 is 9.50 Å². The zero-order valence-corrected chi connectivity index (χ0v) is 15.4. The van der Waals surface area contributed by atoms with Crippen LogP contribution in [0.5, 0.6) is 0 Å². The molecule has 1 N–H and O–H groups in total. The highest BCUT2D eigenvalue weighted by Gasteiger charge is 2.24. The summed E-state index contributed by atoms with van der Waals surface area (Å²) in [5.41, 5.74) is 3.45. The molecule has 4 rings (SSSR count). The highest BCUT2D eigenvalue weighted by molar-refractivity contribution is 7.18. The molecule has 1 aliphatic rings. The SMILES string of the molecule is OC[C@@H](Cc1ncnc2sc3c(c12)CCN(CC[18F])C3)c1ccccc1. The molecule has 0 fully saturated rings. The van der Waals surface area contributed by atoms with Gasteiger partial charge in [-0.3, -0.25) is 4.90 Å². The Morgan fingerprint density at radius 1 is 1.23 bits per heavy atom. The van der Waals surface area contributed by atoms with Gasteiger partial charge >= 0.3 is 0 Å². The number of halogens is 1. The third-order valence-corrected chi connectivity index (χ3v) is 6.25. The molecule has 0 aliphatic carbocycles. The Balaban J connectivity index is 1.68. The first-order valence-electron chi connectivity index (χ1n) is 8.98. The van der Waals surface area contributed by atoms with Crippen molar-refractivity contribution in [2.45, 2.75) is 25.3 Å². The summed E-state index contributed by atoms with van der Waals surface area (Å²) < 4.78 is 12.7. The molecule has 4 nitrogen and oxygen atoms in total. The van der Waals surface area contributed by atoms with Crippen LogP contribution in [-0.2, 0) is 19.4 Å². The van der Waals surface area contributed by atoms with Crippen LogP contribution in [0.3, 0.4) is 0 Å². The monoisotopic (exact) mass is 370 g/mol. The molecule has 0 saturated heterocycles. The molecule has 0 amide bonds. The second kappa shape index (κ2) is 7.78. The van der Waals surface area contributed by atoms with E-state index < -0.39 is 0 Å². The Kier molecular flexibility index (Phi) is 5.24. The number of alkyl halides is 1. The Bertz CT molecular complexity index is 883. The fourth-order valence-corrected chi connectivity index (χ4v) is 5.01. The van der Waals surface area contributed by atoms with E-state index in [0.717, 1.165) is 41.0 Å². The molecule has 0 radical (unpaired) electrons. The highest BCUT2D eigenvalue weighted by Crippen LogP contribution is 2.36. The molecular weight excluding hydrogens is 348 g/mol. The molecule has 3 heterocycles. The minimum Gasteiger partial charge on any atom is -0.396 e. The minimum absolute atomic E-state index is 0.0245. The summed E-state index contributed by atoms with van der Waals surface area (Å²) in [6, 6.07) is 10.1. The first-order valence-corrected chi connectivity index (χ1v) is 9.80. The van der Waals surface area contributed by atoms with E-state index in [9.17, 15) is 9.50 Å². The van der Waals surface area contributed by atoms with Crippen LogP contribution in [0.2, 0.25) is 0 Å². The van der Waals surface area contributed by atoms with E-state index in [2.05, 4.69) is 27.0 Å². The van der Waals surface area contributed by atoms with Gasteiger partial charge in [-0.25, -0.2) is 14.4 Å². The van der Waals surface area contributed by atoms with Crippen molar-refractivity contribution in [3.05, 3.63) is 58.4 Å². The minimum atomic E-state index is -0.305. The average molecular weight is 370 g/mol. The van der Waals surface area contributed by atoms with Crippen molar-refractivity contribution in [3.8, 4) is 0 Å². The predicted octanol–water partition coefficient (Wildman–Crippen LogP) is 3.34. The predicted molar refractivity (Wildman–Crippen MR) is 102 cm³/mol. The van der Waals surface area contributed by atoms with Crippen LogP contribution in [0.4, 0.5) is 4.39 Å². The van der Waals surface area contributed by atoms with Gasteiger partial charge in [-0.2, -0.15) is 0 Å². The van der Waals surface area contributed by atoms with Crippen LogP contribution in [-0.4, -0.2) is 46.3 Å². The first-order chi connectivity index (χ1) is 12.8. The van der Waals surface area contributed by atoms with Crippen molar-refractivity contribution in [1.82, 2.24) is 14.9 Å². The quantitative estimate of drug-likeness (QED) is 0.723. The van der Waals surface area contributed by atoms with E-state index in [0.29, 0.717) is 13.0 Å². The number of aromatic nitrogens is 2. The molecule has 0 bridgehead atoms. The third kappa shape index (κ3) is 3.37. The number of benzene rings is 1. The van der Waals surface area contributed by atoms with Gasteiger partial charge in [0.25, 0.3) is 0 Å². The Labute approximate surface area is 156 Å². The van der Waals surface area contributed by atoms with Gasteiger partial charge in [-0.05, 0) is 24.0 Å². The topological polar surface area (TPSA) is 49.3 Å². The Morgan fingerprint density at radius 3 is 2.85 bits per heavy atom. The summed E-state index contributed by atoms with van der Waals surface area (Å²) in [6.07, 6.45) is 3.22. The van der Waals surface area contributed by atoms with Gasteiger partial charge < -0.3 is 5.11 Å². The molecule has 0 saturated carbocycles. The summed E-state index contributed by atoms with van der Waals surface area (Å²) in [6.45, 7) is 1.94. The van der Waals surface area contributed by atoms with Crippen molar-refractivity contribution in [2.24, 2.45) is 0 Å². The molecule has 1 aliphatic heterocycles. The smallest absolute Gasteiger partial charge is 0.127 e. The van der Waals surface area contributed by atoms with Crippen LogP contribution < -0.4 is 0 Å². The maximum Gasteiger partial charge on any atom is 0.127 e. The number of aliphatic hydroxyl groups excluding tert-OH is 1. The second-order valence-corrected chi connectivity index (χ2v) is 7.80. The number of hydrogen-bond donors (Lipinski definition) is 1. The number of thiophene rings is 1. The van der Waals surface area contributed by atoms with E-state index in [1.165, 1.54) is 10.4 Å². The maximum atomic E-state index is 12.7. The van der Waals surface area contributed by atoms with Gasteiger partial charge in [0, 0.05) is 35.8 Å². The van der Waals surface area contributed by atoms with Crippen molar-refractivity contribution in [3.63, 3.8) is 0 Å². The van der Waals surface area contributed by atoms with Gasteiger partial charge in [-0.15, -0.1) is 11.3 Å². The van der Waals surface area contributed by atoms with Crippen LogP contribution in [0.15, 0.2) is 36.7 Å². The van der Waals surface area contributed by atoms with E-state index in [4.69, 9.17) is 0 Å². The molecule has 2 aromatic heterocycles. The fourth-order valence-electron chi connectivity index (χ4n) is 3.76. The lowest BCUT2D eigenvalue weighted by molar-refractivity contribution is 0.234. The standard InChI is InChI=1S/C20H22FN3OS/c21-7-9-24-8-6-16-18(11-24)26-20-19(16)17(22-13-23-20)10-15(12-25)14-4-2-1-3-5-14/h1-5,13,15,25H,6-12H2/t15-/m1/s1/i21-1. The van der Waals surface area contributed by atoms with Gasteiger partial charge in [0.2, 0.25) is 0 Å². The molecule has 1 aromatic carbocycles. The fraction of sp³-hybridized carbons (Fsp3) is 0.400. The van der Waals surface area contributed by atoms with Crippen molar-refractivity contribution in [2.75, 3.05) is 26.4 Å². The Hall–Kier alpha value is -1.89. The van der Waals surface area contributed by atoms with E-state index in [1.54, 1.807) is 17.7 Å². The zero-order valence-electron chi connectivity index (χ0n) is 14.6. The third-order valence-electron chi connectivity index (χ3n) is 5.13. The van der Waals surface area contributed by atoms with Gasteiger partial charge in [0.1, 0.15) is 17.8 Å². The van der Waals surface area contributed by atoms with Gasteiger partial charge in [0.05, 0.1) is 12.3 Å². The maximum absolute atomic E-state index is 12.7. The van der Waals surface area contributed by atoms with Crippen LogP contribution >= 0.6 is 11.3 Å². The molecule has 0 spiro atoms. The van der Waals surface area contributed by atoms with E-state index in [1.807, 2.05) is 18.2 Å². The molecular formula is C20H22FN3OS. The number of aliphatic hydroxyl groups is 1. The number of fused-ring (bicyclic) bond motifs is 3. The van der Waals surface area contributed by atoms with Crippen molar-refractivity contribution in [1.29, 1.82) is 0 Å². The van der Waals surface area contributed by atoms with E-state index in [-0.39, 0.29) is 19.2 Å². The lowest BCUT2D eigenvalue weighted by atomic mass is 9.92. The molecule has 3 aromatic rings. The van der Waals surface area contributed by atoms with Crippen LogP contribution in [0, 0.1) is 0 Å². The Morgan fingerprint density at radius 2 is 2.08 bits per heavy atom. The number of nitrogens with zero attached hydrogens (tertiary/aromatic N) is 3. The molecule has 6 heteroatoms. The molecule has 26 heavy (non-hydrogen) atoms. The largest absolute Gasteiger partial charge is 0.396 e. The highest BCUT2D eigenvalue weighted by atomic mass is 32.1. The molecule has 136 valence electrons. The summed E-state index contributed by atoms with van der Waals surface area (Å²) >= 11 is 1.70. The lowest BCUT2D eigenvalue weighted by Gasteiger charge is -2.25. The van der Waals surface area contributed by atoms with E-state index >= 15 is 0 Å². The number of rotatable bonds is 6. The van der Waals surface area contributed by atoms with Gasteiger partial charge in [-0.1, -0.05) is 30.3 Å². The van der Waals surface area contributed by atoms with Crippen LogP contribution in [0.1, 0.15) is 27.6 Å². The summed E-state index contributed by atoms with van der Waals surface area (Å²) in [5, 5.41) is 11.1. The summed E-state index contributed by atoms with van der Waals surface area (Å²) in [7, 11) is 0. The average Bonchev–Trinajstić information content (AvgIpc) is 3.05. The van der Waals surface area contributed by atoms with Crippen molar-refractivity contribution >= 4 is 21.6 Å².